The van der Waals surface area contributed by atoms with Crippen LogP contribution in [0.1, 0.15) is 83.2 Å². The molecule has 3 amide bonds. The predicted octanol–water partition coefficient (Wildman–Crippen LogP) is 4.84. The minimum Gasteiger partial charge on any atom is -0.497 e. The molecule has 14 heteroatoms. The average molecular weight is 722 g/mol. The maximum Gasteiger partial charge on any atom is 0.259 e. The molecule has 0 unspecified atom stereocenters. The van der Waals surface area contributed by atoms with Crippen molar-refractivity contribution in [2.45, 2.75) is 100 Å². The van der Waals surface area contributed by atoms with E-state index in [1.54, 1.807) is 12.0 Å². The van der Waals surface area contributed by atoms with E-state index in [1.165, 1.54) is 11.3 Å². The van der Waals surface area contributed by atoms with Crippen LogP contribution in [0.4, 0.5) is 0 Å². The van der Waals surface area contributed by atoms with Crippen molar-refractivity contribution in [3.8, 4) is 22.2 Å². The van der Waals surface area contributed by atoms with Crippen LogP contribution >= 0.6 is 11.3 Å². The average Bonchev–Trinajstić information content (AvgIpc) is 3.96. The Morgan fingerprint density at radius 1 is 1.14 bits per heavy atom. The third kappa shape index (κ3) is 6.96. The van der Waals surface area contributed by atoms with Gasteiger partial charge >= 0.3 is 0 Å². The lowest BCUT2D eigenvalue weighted by Gasteiger charge is -2.26. The molecule has 0 radical (unpaired) electrons. The van der Waals surface area contributed by atoms with Gasteiger partial charge in [0.05, 0.1) is 30.1 Å². The molecule has 0 bridgehead atoms. The van der Waals surface area contributed by atoms with E-state index < -0.39 is 44.8 Å². The largest absolute Gasteiger partial charge is 0.497 e. The molecule has 2 aromatic heterocycles. The topological polar surface area (TPSA) is 157 Å². The van der Waals surface area contributed by atoms with Gasteiger partial charge in [0.2, 0.25) is 21.8 Å². The summed E-state index contributed by atoms with van der Waals surface area (Å²) in [4.78, 5) is 52.6. The van der Waals surface area contributed by atoms with Crippen LogP contribution in [-0.4, -0.2) is 77.6 Å². The number of allylic oxidation sites excluding steroid dienone is 1. The van der Waals surface area contributed by atoms with E-state index in [-0.39, 0.29) is 37.1 Å². The molecular formula is C36H43N5O7S2. The van der Waals surface area contributed by atoms with Gasteiger partial charge in [0.1, 0.15) is 39.9 Å². The number of ether oxygens (including phenoxy) is 2. The molecule has 1 aromatic carbocycles. The summed E-state index contributed by atoms with van der Waals surface area (Å²) in [5.74, 6) is -0.268. The summed E-state index contributed by atoms with van der Waals surface area (Å²) in [6.07, 6.45) is 8.34. The highest BCUT2D eigenvalue weighted by molar-refractivity contribution is 7.91. The zero-order valence-corrected chi connectivity index (χ0v) is 30.1. The summed E-state index contributed by atoms with van der Waals surface area (Å²) in [7, 11) is -2.23. The Bertz CT molecular complexity index is 1960. The summed E-state index contributed by atoms with van der Waals surface area (Å²) in [5.41, 5.74) is 0.876. The lowest BCUT2D eigenvalue weighted by atomic mass is 10.1. The number of nitrogens with zero attached hydrogens (tertiary/aromatic N) is 3. The van der Waals surface area contributed by atoms with Gasteiger partial charge in [0.15, 0.2) is 0 Å². The van der Waals surface area contributed by atoms with Crippen molar-refractivity contribution >= 4 is 50.0 Å². The van der Waals surface area contributed by atoms with Crippen molar-refractivity contribution in [2.24, 2.45) is 5.92 Å². The van der Waals surface area contributed by atoms with Crippen LogP contribution in [-0.2, 0) is 24.4 Å². The Kier molecular flexibility index (Phi) is 9.35. The van der Waals surface area contributed by atoms with Crippen molar-refractivity contribution in [2.75, 3.05) is 13.7 Å². The first-order valence-electron chi connectivity index (χ1n) is 17.4. The highest BCUT2D eigenvalue weighted by atomic mass is 32.2. The number of methoxy groups -OCH3 is 1. The number of carbonyl (C=O) groups is 3. The number of thiazole rings is 1. The van der Waals surface area contributed by atoms with Crippen LogP contribution in [0.5, 0.6) is 11.5 Å². The Hall–Kier alpha value is -4.04. The van der Waals surface area contributed by atoms with E-state index in [4.69, 9.17) is 19.4 Å². The van der Waals surface area contributed by atoms with Gasteiger partial charge in [-0.05, 0) is 56.6 Å². The number of hydrogen-bond acceptors (Lipinski definition) is 10. The van der Waals surface area contributed by atoms with Crippen LogP contribution in [0.25, 0.3) is 21.6 Å². The number of pyridine rings is 1. The molecular weight excluding hydrogens is 679 g/mol. The Morgan fingerprint density at radius 3 is 2.70 bits per heavy atom. The van der Waals surface area contributed by atoms with E-state index in [0.717, 1.165) is 35.4 Å². The molecule has 2 saturated carbocycles. The summed E-state index contributed by atoms with van der Waals surface area (Å²) >= 11 is 1.51. The Labute approximate surface area is 296 Å². The van der Waals surface area contributed by atoms with Gasteiger partial charge in [-0.15, -0.1) is 11.3 Å². The molecule has 12 nitrogen and oxygen atoms in total. The molecule has 3 aromatic rings. The second kappa shape index (κ2) is 13.6. The number of fused-ring (bicyclic) bond motifs is 3. The van der Waals surface area contributed by atoms with Crippen LogP contribution in [0, 0.1) is 5.92 Å². The van der Waals surface area contributed by atoms with Gasteiger partial charge in [-0.25, -0.2) is 18.4 Å². The fraction of sp³-hybridized carbons (Fsp3) is 0.528. The lowest BCUT2D eigenvalue weighted by molar-refractivity contribution is -0.139. The minimum absolute atomic E-state index is 0.153. The number of rotatable bonds is 8. The lowest BCUT2D eigenvalue weighted by Crippen LogP contribution is -2.56. The van der Waals surface area contributed by atoms with Gasteiger partial charge in [-0.3, -0.25) is 19.1 Å². The fourth-order valence-corrected chi connectivity index (χ4v) is 9.16. The number of nitrogens with one attached hydrogen (secondary N) is 2. The molecule has 0 spiro atoms. The molecule has 4 aliphatic rings. The SMILES string of the molecule is COc1ccc2c(O[C@@H]3C[C@H]4C(=O)N[C@]5(C(=O)NS(=O)(=O)C6CC6)C[C@H]5/C=C\CCCCCC(=O)N4C3)cc(-c3nc(C(C)C)cs3)nc2c1. The smallest absolute Gasteiger partial charge is 0.259 e. The molecule has 266 valence electrons. The second-order valence-electron chi connectivity index (χ2n) is 14.1. The van der Waals surface area contributed by atoms with Crippen molar-refractivity contribution in [3.63, 3.8) is 0 Å². The first kappa shape index (κ1) is 34.4. The number of hydrogen-bond donors (Lipinski definition) is 2. The van der Waals surface area contributed by atoms with E-state index in [2.05, 4.69) is 23.9 Å². The van der Waals surface area contributed by atoms with Gasteiger partial charge < -0.3 is 19.7 Å². The molecule has 3 fully saturated rings. The highest BCUT2D eigenvalue weighted by Gasteiger charge is 2.62. The highest BCUT2D eigenvalue weighted by Crippen LogP contribution is 2.46. The molecule has 4 atom stereocenters. The normalized spacial score (nSPS) is 26.5. The van der Waals surface area contributed by atoms with Gasteiger partial charge in [0.25, 0.3) is 5.91 Å². The zero-order valence-electron chi connectivity index (χ0n) is 28.5. The maximum absolute atomic E-state index is 14.1. The third-order valence-corrected chi connectivity index (χ3v) is 12.8. The standard InChI is InChI=1S/C36H43N5O7S2/c1-21(2)29-20-49-34(38-29)28-17-31(26-14-11-23(47-3)15-27(26)37-28)48-24-16-30-33(43)39-36(35(44)40-50(45,46)25-12-13-25)18-22(36)9-7-5-4-6-8-10-32(42)41(30)19-24/h7,9,11,14-15,17,20-22,24-25,30H,4-6,8,10,12-13,16,18-19H2,1-3H3,(H,39,43)(H,40,44)/b9-7-/t22-,24-,30+,36-/m1/s1. The third-order valence-electron chi connectivity index (χ3n) is 10.1. The summed E-state index contributed by atoms with van der Waals surface area (Å²) in [5, 5.41) is 5.86. The van der Waals surface area contributed by atoms with Crippen LogP contribution in [0.2, 0.25) is 0 Å². The maximum atomic E-state index is 14.1. The minimum atomic E-state index is -3.82. The molecule has 2 aliphatic heterocycles. The van der Waals surface area contributed by atoms with Crippen LogP contribution < -0.4 is 19.5 Å². The number of benzene rings is 1. The molecule has 50 heavy (non-hydrogen) atoms. The number of sulfonamides is 1. The number of amides is 3. The van der Waals surface area contributed by atoms with Gasteiger partial charge in [-0.2, -0.15) is 0 Å². The molecule has 4 heterocycles. The quantitative estimate of drug-likeness (QED) is 0.311. The van der Waals surface area contributed by atoms with Crippen molar-refractivity contribution in [1.82, 2.24) is 24.9 Å². The second-order valence-corrected chi connectivity index (χ2v) is 17.0. The molecule has 1 saturated heterocycles. The van der Waals surface area contributed by atoms with Crippen molar-refractivity contribution in [1.29, 1.82) is 0 Å². The van der Waals surface area contributed by atoms with Crippen LogP contribution in [0.15, 0.2) is 41.8 Å². The summed E-state index contributed by atoms with van der Waals surface area (Å²) in [6, 6.07) is 6.51. The van der Waals surface area contributed by atoms with E-state index in [1.807, 2.05) is 41.8 Å². The first-order valence-corrected chi connectivity index (χ1v) is 19.9. The predicted molar refractivity (Wildman–Crippen MR) is 189 cm³/mol. The molecule has 2 aliphatic carbocycles. The van der Waals surface area contributed by atoms with Crippen molar-refractivity contribution < 1.29 is 32.3 Å². The Balaban J connectivity index is 1.18. The van der Waals surface area contributed by atoms with Crippen LogP contribution in [0.3, 0.4) is 0 Å². The fourth-order valence-electron chi connectivity index (χ4n) is 6.85. The van der Waals surface area contributed by atoms with E-state index in [0.29, 0.717) is 48.4 Å². The van der Waals surface area contributed by atoms with Gasteiger partial charge in [-0.1, -0.05) is 32.4 Å². The van der Waals surface area contributed by atoms with Crippen molar-refractivity contribution in [3.05, 3.63) is 47.5 Å². The monoisotopic (exact) mass is 721 g/mol. The van der Waals surface area contributed by atoms with E-state index >= 15 is 0 Å². The number of aromatic nitrogens is 2. The zero-order chi connectivity index (χ0) is 35.2. The summed E-state index contributed by atoms with van der Waals surface area (Å²) in [6.45, 7) is 4.35. The number of carbonyl (C=O) groups excluding carboxylic acids is 3. The first-order chi connectivity index (χ1) is 24.0. The van der Waals surface area contributed by atoms with Gasteiger partial charge in [0, 0.05) is 41.7 Å². The molecule has 7 rings (SSSR count). The van der Waals surface area contributed by atoms with E-state index in [9.17, 15) is 22.8 Å². The Morgan fingerprint density at radius 2 is 1.96 bits per heavy atom. The molecule has 2 N–H and O–H groups in total. The summed E-state index contributed by atoms with van der Waals surface area (Å²) < 4.78 is 39.8.